The Labute approximate surface area is 159 Å². The Morgan fingerprint density at radius 2 is 1.70 bits per heavy atom. The van der Waals surface area contributed by atoms with Gasteiger partial charge in [-0.2, -0.15) is 0 Å². The molecule has 0 N–H and O–H groups in total. The van der Waals surface area contributed by atoms with Crippen molar-refractivity contribution >= 4 is 11.8 Å². The number of likely N-dealkylation sites (tertiary alicyclic amines) is 2. The number of hydrogen-bond donors (Lipinski definition) is 0. The number of nitrogens with zero attached hydrogens (tertiary/aromatic N) is 4. The number of aromatic nitrogens is 2. The van der Waals surface area contributed by atoms with Crippen molar-refractivity contribution in [1.29, 1.82) is 0 Å². The van der Waals surface area contributed by atoms with Gasteiger partial charge in [-0.25, -0.2) is 4.98 Å². The molecule has 6 nitrogen and oxygen atoms in total. The molecule has 0 radical (unpaired) electrons. The van der Waals surface area contributed by atoms with Crippen molar-refractivity contribution in [3.05, 3.63) is 59.7 Å². The normalized spacial score (nSPS) is 18.7. The highest BCUT2D eigenvalue weighted by molar-refractivity contribution is 5.94. The van der Waals surface area contributed by atoms with E-state index in [1.165, 1.54) is 0 Å². The molecule has 1 spiro atoms. The average molecular weight is 364 g/mol. The Morgan fingerprint density at radius 1 is 0.963 bits per heavy atom. The van der Waals surface area contributed by atoms with Gasteiger partial charge in [0.1, 0.15) is 5.69 Å². The average Bonchev–Trinajstić information content (AvgIpc) is 3.12. The van der Waals surface area contributed by atoms with Gasteiger partial charge in [0.2, 0.25) is 0 Å². The molecule has 0 aromatic carbocycles. The van der Waals surface area contributed by atoms with Crippen LogP contribution in [0.4, 0.5) is 0 Å². The Kier molecular flexibility index (Phi) is 4.64. The van der Waals surface area contributed by atoms with Gasteiger partial charge in [0.05, 0.1) is 5.56 Å². The highest BCUT2D eigenvalue weighted by Crippen LogP contribution is 2.41. The maximum absolute atomic E-state index is 12.7. The summed E-state index contributed by atoms with van der Waals surface area (Å²) in [5, 5.41) is 0. The van der Waals surface area contributed by atoms with Crippen LogP contribution in [0.1, 0.15) is 45.8 Å². The van der Waals surface area contributed by atoms with E-state index in [4.69, 9.17) is 0 Å². The highest BCUT2D eigenvalue weighted by Gasteiger charge is 2.43. The van der Waals surface area contributed by atoms with Crippen molar-refractivity contribution in [2.45, 2.75) is 26.2 Å². The van der Waals surface area contributed by atoms with E-state index in [0.29, 0.717) is 11.3 Å². The van der Waals surface area contributed by atoms with E-state index < -0.39 is 0 Å². The molecule has 2 aliphatic heterocycles. The van der Waals surface area contributed by atoms with Crippen LogP contribution >= 0.6 is 0 Å². The summed E-state index contributed by atoms with van der Waals surface area (Å²) >= 11 is 0. The van der Waals surface area contributed by atoms with Crippen LogP contribution in [0, 0.1) is 12.3 Å². The first kappa shape index (κ1) is 17.6. The zero-order chi connectivity index (χ0) is 18.9. The lowest BCUT2D eigenvalue weighted by atomic mass is 9.77. The number of amides is 2. The number of aryl methyl sites for hydroxylation is 1. The van der Waals surface area contributed by atoms with Gasteiger partial charge in [-0.3, -0.25) is 14.6 Å². The van der Waals surface area contributed by atoms with Gasteiger partial charge >= 0.3 is 0 Å². The molecule has 0 unspecified atom stereocenters. The third kappa shape index (κ3) is 3.56. The minimum absolute atomic E-state index is 0.00911. The van der Waals surface area contributed by atoms with Crippen LogP contribution in [-0.4, -0.2) is 57.8 Å². The molecule has 0 bridgehead atoms. The van der Waals surface area contributed by atoms with E-state index in [1.807, 2.05) is 34.9 Å². The molecule has 2 aromatic heterocycles. The number of carbonyl (C=O) groups excluding carboxylic acids is 2. The van der Waals surface area contributed by atoms with Crippen molar-refractivity contribution in [3.8, 4) is 0 Å². The molecule has 0 aliphatic carbocycles. The van der Waals surface area contributed by atoms with Crippen LogP contribution in [0.2, 0.25) is 0 Å². The molecule has 140 valence electrons. The van der Waals surface area contributed by atoms with Crippen molar-refractivity contribution in [3.63, 3.8) is 0 Å². The Hall–Kier alpha value is -2.76. The van der Waals surface area contributed by atoms with Gasteiger partial charge < -0.3 is 9.80 Å². The van der Waals surface area contributed by atoms with Gasteiger partial charge in [0.15, 0.2) is 0 Å². The quantitative estimate of drug-likeness (QED) is 0.821. The van der Waals surface area contributed by atoms with Crippen LogP contribution in [0.15, 0.2) is 42.7 Å². The standard InChI is InChI=1S/C21H24N4O2/c1-16-4-2-6-18(23-16)20(27)24-11-7-21(8-12-24)9-13-25(15-21)19(26)17-5-3-10-22-14-17/h2-6,10,14H,7-9,11-13,15H2,1H3. The van der Waals surface area contributed by atoms with Crippen molar-refractivity contribution < 1.29 is 9.59 Å². The fraction of sp³-hybridized carbons (Fsp3) is 0.429. The first-order valence-corrected chi connectivity index (χ1v) is 9.49. The van der Waals surface area contributed by atoms with Gasteiger partial charge in [0.25, 0.3) is 11.8 Å². The summed E-state index contributed by atoms with van der Waals surface area (Å²) in [5.74, 6) is 0.0669. The lowest BCUT2D eigenvalue weighted by molar-refractivity contribution is 0.0560. The molecule has 4 rings (SSSR count). The molecule has 2 saturated heterocycles. The summed E-state index contributed by atoms with van der Waals surface area (Å²) < 4.78 is 0. The van der Waals surface area contributed by atoms with Crippen molar-refractivity contribution in [2.75, 3.05) is 26.2 Å². The monoisotopic (exact) mass is 364 g/mol. The predicted octanol–water partition coefficient (Wildman–Crippen LogP) is 2.55. The van der Waals surface area contributed by atoms with E-state index in [1.54, 1.807) is 24.5 Å². The topological polar surface area (TPSA) is 66.4 Å². The largest absolute Gasteiger partial charge is 0.338 e. The number of piperidine rings is 1. The first-order chi connectivity index (χ1) is 13.1. The third-order valence-corrected chi connectivity index (χ3v) is 5.85. The van der Waals surface area contributed by atoms with Gasteiger partial charge in [0, 0.05) is 44.3 Å². The summed E-state index contributed by atoms with van der Waals surface area (Å²) in [4.78, 5) is 37.6. The minimum atomic E-state index is 0.00911. The molecule has 0 atom stereocenters. The van der Waals surface area contributed by atoms with Crippen LogP contribution in [0.25, 0.3) is 0 Å². The number of carbonyl (C=O) groups is 2. The molecule has 2 aliphatic rings. The van der Waals surface area contributed by atoms with E-state index in [0.717, 1.165) is 51.1 Å². The summed E-state index contributed by atoms with van der Waals surface area (Å²) in [5.41, 5.74) is 2.16. The second-order valence-corrected chi connectivity index (χ2v) is 7.67. The maximum Gasteiger partial charge on any atom is 0.272 e. The molecule has 27 heavy (non-hydrogen) atoms. The van der Waals surface area contributed by atoms with Crippen LogP contribution in [0.5, 0.6) is 0 Å². The second kappa shape index (κ2) is 7.10. The van der Waals surface area contributed by atoms with Gasteiger partial charge in [-0.05, 0) is 55.9 Å². The van der Waals surface area contributed by atoms with Crippen LogP contribution < -0.4 is 0 Å². The number of pyridine rings is 2. The molecule has 6 heteroatoms. The summed E-state index contributed by atoms with van der Waals surface area (Å²) in [6.07, 6.45) is 6.17. The Balaban J connectivity index is 1.38. The molecule has 2 amide bonds. The molecule has 0 saturated carbocycles. The van der Waals surface area contributed by atoms with Crippen molar-refractivity contribution in [2.24, 2.45) is 5.41 Å². The van der Waals surface area contributed by atoms with Crippen LogP contribution in [-0.2, 0) is 0 Å². The molecule has 2 aromatic rings. The predicted molar refractivity (Wildman–Crippen MR) is 101 cm³/mol. The lowest BCUT2D eigenvalue weighted by Gasteiger charge is -2.39. The van der Waals surface area contributed by atoms with E-state index in [9.17, 15) is 9.59 Å². The van der Waals surface area contributed by atoms with E-state index in [-0.39, 0.29) is 17.2 Å². The molecular weight excluding hydrogens is 340 g/mol. The zero-order valence-corrected chi connectivity index (χ0v) is 15.6. The second-order valence-electron chi connectivity index (χ2n) is 7.67. The number of rotatable bonds is 2. The smallest absolute Gasteiger partial charge is 0.272 e. The van der Waals surface area contributed by atoms with Gasteiger partial charge in [-0.15, -0.1) is 0 Å². The fourth-order valence-electron chi connectivity index (χ4n) is 4.20. The fourth-order valence-corrected chi connectivity index (χ4v) is 4.20. The summed E-state index contributed by atoms with van der Waals surface area (Å²) in [7, 11) is 0. The molecule has 4 heterocycles. The first-order valence-electron chi connectivity index (χ1n) is 9.49. The zero-order valence-electron chi connectivity index (χ0n) is 15.6. The summed E-state index contributed by atoms with van der Waals surface area (Å²) in [6, 6.07) is 9.16. The Bertz CT molecular complexity index is 844. The summed E-state index contributed by atoms with van der Waals surface area (Å²) in [6.45, 7) is 4.90. The molecule has 2 fully saturated rings. The molecular formula is C21H24N4O2. The Morgan fingerprint density at radius 3 is 2.37 bits per heavy atom. The number of hydrogen-bond acceptors (Lipinski definition) is 4. The van der Waals surface area contributed by atoms with E-state index in [2.05, 4.69) is 9.97 Å². The van der Waals surface area contributed by atoms with Crippen molar-refractivity contribution in [1.82, 2.24) is 19.8 Å². The highest BCUT2D eigenvalue weighted by atomic mass is 16.2. The van der Waals surface area contributed by atoms with Crippen LogP contribution in [0.3, 0.4) is 0 Å². The lowest BCUT2D eigenvalue weighted by Crippen LogP contribution is -2.45. The maximum atomic E-state index is 12.7. The van der Waals surface area contributed by atoms with Gasteiger partial charge in [-0.1, -0.05) is 6.07 Å². The minimum Gasteiger partial charge on any atom is -0.338 e. The van der Waals surface area contributed by atoms with E-state index >= 15 is 0 Å². The SMILES string of the molecule is Cc1cccc(C(=O)N2CCC3(CCN(C(=O)c4cccnc4)C3)CC2)n1. The third-order valence-electron chi connectivity index (χ3n) is 5.85.